The van der Waals surface area contributed by atoms with Crippen molar-refractivity contribution in [2.45, 2.75) is 25.9 Å². The fourth-order valence-corrected chi connectivity index (χ4v) is 2.98. The lowest BCUT2D eigenvalue weighted by atomic mass is 10.1. The van der Waals surface area contributed by atoms with E-state index in [-0.39, 0.29) is 29.6 Å². The second-order valence-corrected chi connectivity index (χ2v) is 6.75. The van der Waals surface area contributed by atoms with Crippen molar-refractivity contribution >= 4 is 11.8 Å². The topological polar surface area (TPSA) is 76.0 Å². The molecule has 6 nitrogen and oxygen atoms in total. The maximum absolute atomic E-state index is 12.6. The molecule has 0 saturated heterocycles. The lowest BCUT2D eigenvalue weighted by Crippen LogP contribution is -2.28. The summed E-state index contributed by atoms with van der Waals surface area (Å²) in [6, 6.07) is 20.6. The van der Waals surface area contributed by atoms with Gasteiger partial charge in [0, 0.05) is 13.1 Å². The SMILES string of the molecule is C[C@H](NC(=O)c1cc(C(=O)N[C@H](C)c2ccccc2)nn1C)c1ccccc1. The highest BCUT2D eigenvalue weighted by atomic mass is 16.2. The summed E-state index contributed by atoms with van der Waals surface area (Å²) < 4.78 is 1.43. The first-order valence-corrected chi connectivity index (χ1v) is 9.21. The van der Waals surface area contributed by atoms with E-state index in [0.29, 0.717) is 5.69 Å². The van der Waals surface area contributed by atoms with Crippen LogP contribution in [0.4, 0.5) is 0 Å². The van der Waals surface area contributed by atoms with Gasteiger partial charge in [-0.15, -0.1) is 0 Å². The second kappa shape index (κ2) is 8.52. The maximum atomic E-state index is 12.6. The number of aryl methyl sites for hydroxylation is 1. The monoisotopic (exact) mass is 376 g/mol. The molecule has 0 aliphatic carbocycles. The van der Waals surface area contributed by atoms with Crippen LogP contribution in [0.2, 0.25) is 0 Å². The van der Waals surface area contributed by atoms with Crippen LogP contribution in [0, 0.1) is 0 Å². The molecule has 0 spiro atoms. The Balaban J connectivity index is 1.68. The number of hydrogen-bond acceptors (Lipinski definition) is 3. The van der Waals surface area contributed by atoms with Crippen LogP contribution < -0.4 is 10.6 Å². The van der Waals surface area contributed by atoms with Crippen LogP contribution in [0.3, 0.4) is 0 Å². The minimum Gasteiger partial charge on any atom is -0.344 e. The molecule has 0 aliphatic heterocycles. The van der Waals surface area contributed by atoms with Gasteiger partial charge in [0.1, 0.15) is 5.69 Å². The predicted octanol–water partition coefficient (Wildman–Crippen LogP) is 3.40. The number of hydrogen-bond donors (Lipinski definition) is 2. The largest absolute Gasteiger partial charge is 0.344 e. The van der Waals surface area contributed by atoms with E-state index in [9.17, 15) is 9.59 Å². The summed E-state index contributed by atoms with van der Waals surface area (Å²) in [5.74, 6) is -0.594. The third-order valence-corrected chi connectivity index (χ3v) is 4.64. The molecule has 0 bridgehead atoms. The van der Waals surface area contributed by atoms with Gasteiger partial charge in [-0.3, -0.25) is 14.3 Å². The summed E-state index contributed by atoms with van der Waals surface area (Å²) in [6.07, 6.45) is 0. The van der Waals surface area contributed by atoms with Crippen molar-refractivity contribution in [3.05, 3.63) is 89.2 Å². The first-order valence-electron chi connectivity index (χ1n) is 9.21. The van der Waals surface area contributed by atoms with Gasteiger partial charge in [0.2, 0.25) is 0 Å². The lowest BCUT2D eigenvalue weighted by Gasteiger charge is -2.14. The normalized spacial score (nSPS) is 12.8. The Bertz CT molecular complexity index is 951. The molecule has 0 radical (unpaired) electrons. The van der Waals surface area contributed by atoms with E-state index in [1.807, 2.05) is 74.5 Å². The Kier molecular flexibility index (Phi) is 5.89. The molecule has 0 unspecified atom stereocenters. The van der Waals surface area contributed by atoms with Crippen LogP contribution in [0.25, 0.3) is 0 Å². The fraction of sp³-hybridized carbons (Fsp3) is 0.227. The minimum absolute atomic E-state index is 0.154. The zero-order chi connectivity index (χ0) is 20.1. The third kappa shape index (κ3) is 4.46. The quantitative estimate of drug-likeness (QED) is 0.692. The van der Waals surface area contributed by atoms with Gasteiger partial charge in [-0.25, -0.2) is 0 Å². The van der Waals surface area contributed by atoms with E-state index >= 15 is 0 Å². The number of carbonyl (C=O) groups excluding carboxylic acids is 2. The Morgan fingerprint density at radius 3 is 1.79 bits per heavy atom. The van der Waals surface area contributed by atoms with Crippen molar-refractivity contribution < 1.29 is 9.59 Å². The highest BCUT2D eigenvalue weighted by Crippen LogP contribution is 2.14. The van der Waals surface area contributed by atoms with Gasteiger partial charge >= 0.3 is 0 Å². The fourth-order valence-electron chi connectivity index (χ4n) is 2.98. The Morgan fingerprint density at radius 1 is 0.821 bits per heavy atom. The second-order valence-electron chi connectivity index (χ2n) is 6.75. The van der Waals surface area contributed by atoms with E-state index in [0.717, 1.165) is 11.1 Å². The summed E-state index contributed by atoms with van der Waals surface area (Å²) in [7, 11) is 1.65. The number of carbonyl (C=O) groups is 2. The molecule has 28 heavy (non-hydrogen) atoms. The van der Waals surface area contributed by atoms with Gasteiger partial charge in [0.25, 0.3) is 11.8 Å². The summed E-state index contributed by atoms with van der Waals surface area (Å²) in [5, 5.41) is 10.1. The van der Waals surface area contributed by atoms with Crippen molar-refractivity contribution in [1.29, 1.82) is 0 Å². The van der Waals surface area contributed by atoms with Crippen molar-refractivity contribution in [1.82, 2.24) is 20.4 Å². The molecule has 1 heterocycles. The van der Waals surface area contributed by atoms with E-state index < -0.39 is 0 Å². The van der Waals surface area contributed by atoms with Crippen molar-refractivity contribution in [3.63, 3.8) is 0 Å². The number of benzene rings is 2. The molecule has 0 aliphatic rings. The van der Waals surface area contributed by atoms with E-state index in [4.69, 9.17) is 0 Å². The number of nitrogens with one attached hydrogen (secondary N) is 2. The zero-order valence-corrected chi connectivity index (χ0v) is 16.2. The molecule has 144 valence electrons. The minimum atomic E-state index is -0.317. The standard InChI is InChI=1S/C22H24N4O2/c1-15(17-10-6-4-7-11-17)23-21(27)19-14-20(26(3)25-19)22(28)24-16(2)18-12-8-5-9-13-18/h4-16H,1-3H3,(H,23,27)(H,24,28)/t15-,16+/m1/s1. The van der Waals surface area contributed by atoms with E-state index in [2.05, 4.69) is 15.7 Å². The molecule has 2 amide bonds. The average Bonchev–Trinajstić information content (AvgIpc) is 3.11. The number of amides is 2. The molecule has 1 aromatic heterocycles. The smallest absolute Gasteiger partial charge is 0.272 e. The Morgan fingerprint density at radius 2 is 1.29 bits per heavy atom. The molecule has 0 saturated carbocycles. The average molecular weight is 376 g/mol. The first kappa shape index (κ1) is 19.4. The van der Waals surface area contributed by atoms with Crippen LogP contribution in [-0.2, 0) is 7.05 Å². The molecule has 3 rings (SSSR count). The Hall–Kier alpha value is -3.41. The highest BCUT2D eigenvalue weighted by Gasteiger charge is 2.20. The van der Waals surface area contributed by atoms with Gasteiger partial charge < -0.3 is 10.6 Å². The van der Waals surface area contributed by atoms with E-state index in [1.165, 1.54) is 10.7 Å². The number of rotatable bonds is 6. The van der Waals surface area contributed by atoms with Crippen LogP contribution in [-0.4, -0.2) is 21.6 Å². The molecule has 0 fully saturated rings. The highest BCUT2D eigenvalue weighted by molar-refractivity contribution is 5.98. The van der Waals surface area contributed by atoms with Gasteiger partial charge in [0.05, 0.1) is 12.1 Å². The van der Waals surface area contributed by atoms with Crippen LogP contribution in [0.1, 0.15) is 58.0 Å². The first-order chi connectivity index (χ1) is 13.5. The van der Waals surface area contributed by atoms with Gasteiger partial charge in [-0.05, 0) is 25.0 Å². The molecule has 2 N–H and O–H groups in total. The molecule has 2 aromatic carbocycles. The zero-order valence-electron chi connectivity index (χ0n) is 16.2. The molecule has 2 atom stereocenters. The molecule has 3 aromatic rings. The summed E-state index contributed by atoms with van der Waals surface area (Å²) in [5.41, 5.74) is 2.55. The van der Waals surface area contributed by atoms with Crippen molar-refractivity contribution in [2.24, 2.45) is 7.05 Å². The van der Waals surface area contributed by atoms with Crippen molar-refractivity contribution in [2.75, 3.05) is 0 Å². The van der Waals surface area contributed by atoms with Gasteiger partial charge in [-0.2, -0.15) is 5.10 Å². The molecular formula is C22H24N4O2. The number of nitrogens with zero attached hydrogens (tertiary/aromatic N) is 2. The van der Waals surface area contributed by atoms with Crippen LogP contribution >= 0.6 is 0 Å². The van der Waals surface area contributed by atoms with Crippen molar-refractivity contribution in [3.8, 4) is 0 Å². The van der Waals surface area contributed by atoms with Gasteiger partial charge in [-0.1, -0.05) is 60.7 Å². The molecule has 6 heteroatoms. The Labute approximate surface area is 164 Å². The number of aromatic nitrogens is 2. The lowest BCUT2D eigenvalue weighted by molar-refractivity contribution is 0.0924. The van der Waals surface area contributed by atoms with E-state index in [1.54, 1.807) is 7.05 Å². The van der Waals surface area contributed by atoms with Crippen LogP contribution in [0.5, 0.6) is 0 Å². The van der Waals surface area contributed by atoms with Gasteiger partial charge in [0.15, 0.2) is 5.69 Å². The summed E-state index contributed by atoms with van der Waals surface area (Å²) in [6.45, 7) is 3.82. The molecular weight excluding hydrogens is 352 g/mol. The third-order valence-electron chi connectivity index (χ3n) is 4.64. The summed E-state index contributed by atoms with van der Waals surface area (Å²) >= 11 is 0. The predicted molar refractivity (Wildman–Crippen MR) is 108 cm³/mol. The maximum Gasteiger partial charge on any atom is 0.272 e. The van der Waals surface area contributed by atoms with Crippen LogP contribution in [0.15, 0.2) is 66.7 Å². The summed E-state index contributed by atoms with van der Waals surface area (Å²) in [4.78, 5) is 25.2.